The Balaban J connectivity index is 2.97. The summed E-state index contributed by atoms with van der Waals surface area (Å²) < 4.78 is 40.8. The minimum absolute atomic E-state index is 0.0271. The number of alkyl halides is 3. The van der Waals surface area contributed by atoms with Gasteiger partial charge in [-0.1, -0.05) is 0 Å². The molecule has 1 N–H and O–H groups in total. The van der Waals surface area contributed by atoms with Gasteiger partial charge in [-0.25, -0.2) is 9.78 Å². The Hall–Kier alpha value is -1.15. The largest absolute Gasteiger partial charge is 0.477 e. The minimum atomic E-state index is -4.39. The van der Waals surface area contributed by atoms with Gasteiger partial charge in [-0.3, -0.25) is 0 Å². The minimum Gasteiger partial charge on any atom is -0.477 e. The van der Waals surface area contributed by atoms with Crippen molar-refractivity contribution < 1.29 is 27.8 Å². The maximum Gasteiger partial charge on any atom is 0.395 e. The third-order valence-corrected chi connectivity index (χ3v) is 2.65. The highest BCUT2D eigenvalue weighted by molar-refractivity contribution is 7.13. The zero-order valence-electron chi connectivity index (χ0n) is 8.17. The predicted octanol–water partition coefficient (Wildman–Crippen LogP) is 2.09. The standard InChI is InChI=1S/C8H8F3NO3S/c1-15-3-4-6(7(13)14)16-5(12-4)2-8(9,10)11/h2-3H2,1H3,(H,13,14). The van der Waals surface area contributed by atoms with E-state index in [1.54, 1.807) is 0 Å². The molecule has 1 heterocycles. The topological polar surface area (TPSA) is 59.4 Å². The number of halogens is 3. The molecule has 0 amide bonds. The number of nitrogens with zero attached hydrogens (tertiary/aromatic N) is 1. The number of carboxylic acid groups (broad SMARTS) is 1. The first-order valence-electron chi connectivity index (χ1n) is 4.11. The Morgan fingerprint density at radius 3 is 2.62 bits per heavy atom. The molecular weight excluding hydrogens is 247 g/mol. The molecule has 0 bridgehead atoms. The highest BCUT2D eigenvalue weighted by Crippen LogP contribution is 2.26. The number of carbonyl (C=O) groups is 1. The van der Waals surface area contributed by atoms with Gasteiger partial charge in [0.05, 0.1) is 18.7 Å². The highest BCUT2D eigenvalue weighted by Gasteiger charge is 2.31. The summed E-state index contributed by atoms with van der Waals surface area (Å²) in [4.78, 5) is 14.1. The van der Waals surface area contributed by atoms with Gasteiger partial charge in [0.15, 0.2) is 0 Å². The molecule has 0 atom stereocenters. The van der Waals surface area contributed by atoms with Gasteiger partial charge in [-0.05, 0) is 0 Å². The van der Waals surface area contributed by atoms with Crippen LogP contribution in [0.1, 0.15) is 20.4 Å². The zero-order chi connectivity index (χ0) is 12.3. The normalized spacial score (nSPS) is 11.8. The molecule has 4 nitrogen and oxygen atoms in total. The van der Waals surface area contributed by atoms with Gasteiger partial charge in [-0.2, -0.15) is 13.2 Å². The number of hydrogen-bond acceptors (Lipinski definition) is 4. The van der Waals surface area contributed by atoms with E-state index in [1.165, 1.54) is 7.11 Å². The Kier molecular flexibility index (Phi) is 3.87. The van der Waals surface area contributed by atoms with Crippen molar-refractivity contribution in [1.29, 1.82) is 0 Å². The van der Waals surface area contributed by atoms with E-state index in [-0.39, 0.29) is 22.2 Å². The molecule has 0 fully saturated rings. The van der Waals surface area contributed by atoms with E-state index in [9.17, 15) is 18.0 Å². The summed E-state index contributed by atoms with van der Waals surface area (Å²) in [5, 5.41) is 8.47. The Labute approximate surface area is 92.7 Å². The van der Waals surface area contributed by atoms with Crippen LogP contribution in [0.3, 0.4) is 0 Å². The van der Waals surface area contributed by atoms with Crippen LogP contribution >= 0.6 is 11.3 Å². The van der Waals surface area contributed by atoms with Crippen LogP contribution in [0.2, 0.25) is 0 Å². The average Bonchev–Trinajstić information content (AvgIpc) is 2.45. The van der Waals surface area contributed by atoms with Gasteiger partial charge >= 0.3 is 12.1 Å². The van der Waals surface area contributed by atoms with Crippen LogP contribution < -0.4 is 0 Å². The summed E-state index contributed by atoms with van der Waals surface area (Å²) in [6.07, 6.45) is -5.61. The third-order valence-electron chi connectivity index (χ3n) is 1.57. The number of methoxy groups -OCH3 is 1. The van der Waals surface area contributed by atoms with Crippen LogP contribution in [0.15, 0.2) is 0 Å². The van der Waals surface area contributed by atoms with Crippen molar-refractivity contribution >= 4 is 17.3 Å². The smallest absolute Gasteiger partial charge is 0.395 e. The van der Waals surface area contributed by atoms with Gasteiger partial charge in [-0.15, -0.1) is 11.3 Å². The fourth-order valence-electron chi connectivity index (χ4n) is 1.05. The summed E-state index contributed by atoms with van der Waals surface area (Å²) in [6.45, 7) is -0.115. The lowest BCUT2D eigenvalue weighted by atomic mass is 10.3. The van der Waals surface area contributed by atoms with Crippen molar-refractivity contribution in [1.82, 2.24) is 4.98 Å². The first kappa shape index (κ1) is 12.9. The second-order valence-corrected chi connectivity index (χ2v) is 4.00. The van der Waals surface area contributed by atoms with Crippen molar-refractivity contribution in [2.45, 2.75) is 19.2 Å². The maximum atomic E-state index is 12.1. The predicted molar refractivity (Wildman–Crippen MR) is 49.5 cm³/mol. The Bertz CT molecular complexity index is 388. The molecule has 0 saturated heterocycles. The van der Waals surface area contributed by atoms with E-state index >= 15 is 0 Å². The quantitative estimate of drug-likeness (QED) is 0.895. The molecule has 8 heteroatoms. The number of aromatic nitrogens is 1. The summed E-state index contributed by atoms with van der Waals surface area (Å²) in [7, 11) is 1.31. The van der Waals surface area contributed by atoms with Crippen molar-refractivity contribution in [2.24, 2.45) is 0 Å². The van der Waals surface area contributed by atoms with Crippen LogP contribution in [-0.4, -0.2) is 29.3 Å². The lowest BCUT2D eigenvalue weighted by Crippen LogP contribution is -2.11. The average molecular weight is 255 g/mol. The third kappa shape index (κ3) is 3.46. The molecule has 0 aromatic carbocycles. The summed E-state index contributed by atoms with van der Waals surface area (Å²) >= 11 is 0.524. The fourth-order valence-corrected chi connectivity index (χ4v) is 1.99. The van der Waals surface area contributed by atoms with E-state index in [4.69, 9.17) is 5.11 Å². The molecule has 90 valence electrons. The zero-order valence-corrected chi connectivity index (χ0v) is 8.98. The first-order valence-corrected chi connectivity index (χ1v) is 4.92. The van der Waals surface area contributed by atoms with E-state index < -0.39 is 18.6 Å². The Morgan fingerprint density at radius 1 is 1.56 bits per heavy atom. The van der Waals surface area contributed by atoms with E-state index in [0.717, 1.165) is 0 Å². The van der Waals surface area contributed by atoms with E-state index in [2.05, 4.69) is 9.72 Å². The maximum absolute atomic E-state index is 12.1. The van der Waals surface area contributed by atoms with Crippen molar-refractivity contribution in [3.8, 4) is 0 Å². The number of carboxylic acids is 1. The molecule has 1 aromatic rings. The summed E-state index contributed by atoms with van der Waals surface area (Å²) in [5.41, 5.74) is 0.0271. The molecule has 0 saturated carbocycles. The lowest BCUT2D eigenvalue weighted by molar-refractivity contribution is -0.127. The molecule has 0 aliphatic carbocycles. The molecular formula is C8H8F3NO3S. The van der Waals surface area contributed by atoms with Crippen molar-refractivity contribution in [3.63, 3.8) is 0 Å². The van der Waals surface area contributed by atoms with Gasteiger partial charge < -0.3 is 9.84 Å². The van der Waals surface area contributed by atoms with Gasteiger partial charge in [0.1, 0.15) is 9.88 Å². The van der Waals surface area contributed by atoms with Gasteiger partial charge in [0.2, 0.25) is 0 Å². The van der Waals surface area contributed by atoms with Crippen molar-refractivity contribution in [2.75, 3.05) is 7.11 Å². The molecule has 1 rings (SSSR count). The number of aromatic carboxylic acids is 1. The van der Waals surface area contributed by atoms with Gasteiger partial charge in [0.25, 0.3) is 0 Å². The summed E-state index contributed by atoms with van der Waals surface area (Å²) in [5.74, 6) is -1.29. The van der Waals surface area contributed by atoms with Gasteiger partial charge in [0, 0.05) is 7.11 Å². The summed E-state index contributed by atoms with van der Waals surface area (Å²) in [6, 6.07) is 0. The number of rotatable bonds is 4. The van der Waals surface area contributed by atoms with E-state index in [1.807, 2.05) is 0 Å². The number of hydrogen-bond donors (Lipinski definition) is 1. The molecule has 0 aliphatic heterocycles. The number of ether oxygens (including phenoxy) is 1. The Morgan fingerprint density at radius 2 is 2.19 bits per heavy atom. The molecule has 0 radical (unpaired) electrons. The number of thiazole rings is 1. The molecule has 0 unspecified atom stereocenters. The molecule has 0 spiro atoms. The van der Waals surface area contributed by atoms with Crippen LogP contribution in [0.25, 0.3) is 0 Å². The molecule has 0 aliphatic rings. The first-order chi connectivity index (χ1) is 7.33. The lowest BCUT2D eigenvalue weighted by Gasteiger charge is -2.01. The second-order valence-electron chi connectivity index (χ2n) is 2.91. The fraction of sp³-hybridized carbons (Fsp3) is 0.500. The van der Waals surface area contributed by atoms with Crippen LogP contribution in [0.5, 0.6) is 0 Å². The monoisotopic (exact) mass is 255 g/mol. The highest BCUT2D eigenvalue weighted by atomic mass is 32.1. The van der Waals surface area contributed by atoms with E-state index in [0.29, 0.717) is 11.3 Å². The van der Waals surface area contributed by atoms with Crippen LogP contribution in [0.4, 0.5) is 13.2 Å². The SMILES string of the molecule is COCc1nc(CC(F)(F)F)sc1C(=O)O. The second kappa shape index (κ2) is 4.79. The molecule has 1 aromatic heterocycles. The van der Waals surface area contributed by atoms with Crippen LogP contribution in [0, 0.1) is 0 Å². The van der Waals surface area contributed by atoms with Crippen molar-refractivity contribution in [3.05, 3.63) is 15.6 Å². The molecule has 16 heavy (non-hydrogen) atoms. The van der Waals surface area contributed by atoms with Crippen LogP contribution in [-0.2, 0) is 17.8 Å².